The molecule has 94 valence electrons. The number of halogens is 1. The summed E-state index contributed by atoms with van der Waals surface area (Å²) in [6.45, 7) is 3.26. The molecular weight excluding hydrogens is 237 g/mol. The number of nitrogens with one attached hydrogen (secondary N) is 1. The fourth-order valence-corrected chi connectivity index (χ4v) is 1.56. The Kier molecular flexibility index (Phi) is 3.01. The van der Waals surface area contributed by atoms with Crippen molar-refractivity contribution in [2.24, 2.45) is 0 Å². The lowest BCUT2D eigenvalue weighted by molar-refractivity contribution is 0.102. The van der Waals surface area contributed by atoms with Crippen LogP contribution in [-0.2, 0) is 0 Å². The summed E-state index contributed by atoms with van der Waals surface area (Å²) in [5.74, 6) is -1.06. The third kappa shape index (κ3) is 2.32. The van der Waals surface area contributed by atoms with Crippen LogP contribution >= 0.6 is 0 Å². The number of anilines is 2. The molecule has 6 heteroatoms. The van der Waals surface area contributed by atoms with Crippen molar-refractivity contribution in [2.75, 3.05) is 11.1 Å². The van der Waals surface area contributed by atoms with Gasteiger partial charge in [-0.25, -0.2) is 4.39 Å². The summed E-state index contributed by atoms with van der Waals surface area (Å²) in [6.07, 6.45) is 0. The van der Waals surface area contributed by atoms with Gasteiger partial charge in [0.2, 0.25) is 5.88 Å². The second-order valence-corrected chi connectivity index (χ2v) is 3.99. The Labute approximate surface area is 103 Å². The molecule has 0 radical (unpaired) electrons. The average molecular weight is 249 g/mol. The highest BCUT2D eigenvalue weighted by Crippen LogP contribution is 2.19. The number of hydrogen-bond acceptors (Lipinski definition) is 4. The van der Waals surface area contributed by atoms with Gasteiger partial charge in [-0.3, -0.25) is 10.1 Å². The summed E-state index contributed by atoms with van der Waals surface area (Å²) in [5, 5.41) is 6.02. The minimum Gasteiger partial charge on any atom is -0.399 e. The van der Waals surface area contributed by atoms with Gasteiger partial charge < -0.3 is 10.3 Å². The van der Waals surface area contributed by atoms with Crippen LogP contribution in [-0.4, -0.2) is 11.1 Å². The molecule has 0 aliphatic heterocycles. The van der Waals surface area contributed by atoms with Gasteiger partial charge >= 0.3 is 0 Å². The van der Waals surface area contributed by atoms with E-state index in [2.05, 4.69) is 10.5 Å². The van der Waals surface area contributed by atoms with Crippen molar-refractivity contribution in [1.29, 1.82) is 0 Å². The number of nitrogens with zero attached hydrogens (tertiary/aromatic N) is 1. The summed E-state index contributed by atoms with van der Waals surface area (Å²) < 4.78 is 18.6. The summed E-state index contributed by atoms with van der Waals surface area (Å²) in [4.78, 5) is 11.9. The summed E-state index contributed by atoms with van der Waals surface area (Å²) >= 11 is 0. The molecule has 5 nitrogen and oxygen atoms in total. The Balaban J connectivity index is 2.29. The van der Waals surface area contributed by atoms with Crippen molar-refractivity contribution in [3.8, 4) is 0 Å². The van der Waals surface area contributed by atoms with E-state index in [4.69, 9.17) is 10.3 Å². The van der Waals surface area contributed by atoms with E-state index in [1.165, 1.54) is 18.2 Å². The van der Waals surface area contributed by atoms with Crippen LogP contribution in [0.5, 0.6) is 0 Å². The van der Waals surface area contributed by atoms with Crippen LogP contribution in [0.2, 0.25) is 0 Å². The Hall–Kier alpha value is -2.37. The first kappa shape index (κ1) is 12.1. The monoisotopic (exact) mass is 249 g/mol. The zero-order valence-electron chi connectivity index (χ0n) is 9.95. The molecule has 0 saturated heterocycles. The lowest BCUT2D eigenvalue weighted by Gasteiger charge is -2.06. The first-order valence-electron chi connectivity index (χ1n) is 5.27. The maximum absolute atomic E-state index is 13.8. The number of carbonyl (C=O) groups is 1. The van der Waals surface area contributed by atoms with Crippen molar-refractivity contribution in [3.63, 3.8) is 0 Å². The van der Waals surface area contributed by atoms with E-state index in [1.807, 2.05) is 0 Å². The second-order valence-electron chi connectivity index (χ2n) is 3.99. The minimum absolute atomic E-state index is 0.124. The van der Waals surface area contributed by atoms with Gasteiger partial charge in [-0.05, 0) is 31.5 Å². The highest BCUT2D eigenvalue weighted by atomic mass is 19.1. The fraction of sp³-hybridized carbons (Fsp3) is 0.167. The molecule has 0 fully saturated rings. The molecule has 1 amide bonds. The highest BCUT2D eigenvalue weighted by molar-refractivity contribution is 6.04. The predicted octanol–water partition coefficient (Wildman–Crippen LogP) is 2.27. The Morgan fingerprint density at radius 2 is 2.11 bits per heavy atom. The summed E-state index contributed by atoms with van der Waals surface area (Å²) in [6, 6.07) is 4.28. The molecule has 0 bridgehead atoms. The van der Waals surface area contributed by atoms with E-state index in [-0.39, 0.29) is 11.4 Å². The van der Waals surface area contributed by atoms with Crippen molar-refractivity contribution < 1.29 is 13.7 Å². The minimum atomic E-state index is -0.626. The number of nitrogen functional groups attached to an aromatic ring is 1. The number of aromatic nitrogens is 1. The van der Waals surface area contributed by atoms with Crippen LogP contribution in [0.1, 0.15) is 21.6 Å². The summed E-state index contributed by atoms with van der Waals surface area (Å²) in [7, 11) is 0. The number of hydrogen-bond donors (Lipinski definition) is 2. The van der Waals surface area contributed by atoms with Crippen LogP contribution in [0.15, 0.2) is 22.7 Å². The van der Waals surface area contributed by atoms with Crippen molar-refractivity contribution >= 4 is 17.5 Å². The number of carbonyl (C=O) groups excluding carboxylic acids is 1. The average Bonchev–Trinajstić information content (AvgIpc) is 2.69. The van der Waals surface area contributed by atoms with Gasteiger partial charge in [0.05, 0.1) is 11.3 Å². The van der Waals surface area contributed by atoms with E-state index >= 15 is 0 Å². The quantitative estimate of drug-likeness (QED) is 0.800. The number of amides is 1. The Morgan fingerprint density at radius 1 is 1.39 bits per heavy atom. The van der Waals surface area contributed by atoms with Crippen molar-refractivity contribution in [1.82, 2.24) is 5.16 Å². The van der Waals surface area contributed by atoms with Crippen LogP contribution < -0.4 is 11.1 Å². The molecule has 3 N–H and O–H groups in total. The van der Waals surface area contributed by atoms with Gasteiger partial charge in [-0.15, -0.1) is 0 Å². The molecule has 18 heavy (non-hydrogen) atoms. The molecule has 1 aromatic carbocycles. The molecule has 0 unspecified atom stereocenters. The second kappa shape index (κ2) is 4.48. The van der Waals surface area contributed by atoms with Crippen molar-refractivity contribution in [2.45, 2.75) is 13.8 Å². The summed E-state index contributed by atoms with van der Waals surface area (Å²) in [5.41, 5.74) is 6.72. The molecule has 0 atom stereocenters. The molecule has 1 heterocycles. The van der Waals surface area contributed by atoms with Crippen LogP contribution in [0.3, 0.4) is 0 Å². The highest BCUT2D eigenvalue weighted by Gasteiger charge is 2.16. The van der Waals surface area contributed by atoms with Gasteiger partial charge in [0.15, 0.2) is 0 Å². The lowest BCUT2D eigenvalue weighted by atomic mass is 10.1. The number of aryl methyl sites for hydroxylation is 2. The van der Waals surface area contributed by atoms with Gasteiger partial charge in [0.25, 0.3) is 5.91 Å². The standard InChI is InChI=1S/C12H12FN3O2/c1-6-3-8(14)5-9(11(6)13)12(17)15-10-4-7(2)16-18-10/h3-5H,14H2,1-2H3,(H,15,17). The number of nitrogens with two attached hydrogens (primary N) is 1. The van der Waals surface area contributed by atoms with Gasteiger partial charge in [0, 0.05) is 11.8 Å². The molecule has 2 rings (SSSR count). The zero-order valence-corrected chi connectivity index (χ0v) is 9.95. The lowest BCUT2D eigenvalue weighted by Crippen LogP contribution is -2.14. The van der Waals surface area contributed by atoms with E-state index < -0.39 is 11.7 Å². The fourth-order valence-electron chi connectivity index (χ4n) is 1.56. The molecule has 0 aliphatic rings. The molecule has 0 aliphatic carbocycles. The van der Waals surface area contributed by atoms with E-state index in [9.17, 15) is 9.18 Å². The van der Waals surface area contributed by atoms with E-state index in [1.54, 1.807) is 13.8 Å². The SMILES string of the molecule is Cc1cc(NC(=O)c2cc(N)cc(C)c2F)on1. The maximum Gasteiger partial charge on any atom is 0.261 e. The molecule has 0 saturated carbocycles. The first-order chi connectivity index (χ1) is 8.47. The van der Waals surface area contributed by atoms with Gasteiger partial charge in [0.1, 0.15) is 5.82 Å². The normalized spacial score (nSPS) is 10.4. The number of benzene rings is 1. The first-order valence-corrected chi connectivity index (χ1v) is 5.27. The largest absolute Gasteiger partial charge is 0.399 e. The topological polar surface area (TPSA) is 81.2 Å². The van der Waals surface area contributed by atoms with Crippen LogP contribution in [0.4, 0.5) is 16.0 Å². The molecular formula is C12H12FN3O2. The number of rotatable bonds is 2. The Bertz CT molecular complexity index is 607. The third-order valence-corrected chi connectivity index (χ3v) is 2.39. The zero-order chi connectivity index (χ0) is 13.3. The van der Waals surface area contributed by atoms with E-state index in [0.717, 1.165) is 0 Å². The Morgan fingerprint density at radius 3 is 2.72 bits per heavy atom. The smallest absolute Gasteiger partial charge is 0.261 e. The van der Waals surface area contributed by atoms with Gasteiger partial charge in [-0.2, -0.15) is 0 Å². The maximum atomic E-state index is 13.8. The van der Waals surface area contributed by atoms with Crippen LogP contribution in [0.25, 0.3) is 0 Å². The molecule has 2 aromatic rings. The van der Waals surface area contributed by atoms with E-state index in [0.29, 0.717) is 16.9 Å². The molecule has 1 aromatic heterocycles. The predicted molar refractivity (Wildman–Crippen MR) is 64.7 cm³/mol. The van der Waals surface area contributed by atoms with Crippen LogP contribution in [0, 0.1) is 19.7 Å². The third-order valence-electron chi connectivity index (χ3n) is 2.39. The molecule has 0 spiro atoms. The van der Waals surface area contributed by atoms with Gasteiger partial charge in [-0.1, -0.05) is 5.16 Å². The van der Waals surface area contributed by atoms with Crippen molar-refractivity contribution in [3.05, 3.63) is 40.8 Å².